The van der Waals surface area contributed by atoms with E-state index in [1.165, 1.54) is 0 Å². The maximum Gasteiger partial charge on any atom is 0.167 e. The molecule has 3 fully saturated rings. The molecule has 21 heavy (non-hydrogen) atoms. The Bertz CT molecular complexity index is 386. The Morgan fingerprint density at radius 3 is 2.90 bits per heavy atom. The fourth-order valence-corrected chi connectivity index (χ4v) is 3.54. The van der Waals surface area contributed by atoms with Crippen LogP contribution in [0.2, 0.25) is 0 Å². The zero-order chi connectivity index (χ0) is 14.9. The van der Waals surface area contributed by atoms with Gasteiger partial charge in [-0.25, -0.2) is 10.0 Å². The van der Waals surface area contributed by atoms with E-state index in [0.29, 0.717) is 6.54 Å². The predicted octanol–water partition coefficient (Wildman–Crippen LogP) is -1.79. The first-order valence-electron chi connectivity index (χ1n) is 8.04. The summed E-state index contributed by atoms with van der Waals surface area (Å²) in [5.74, 6) is 0.150. The van der Waals surface area contributed by atoms with Crippen molar-refractivity contribution in [2.75, 3.05) is 66.1 Å². The van der Waals surface area contributed by atoms with E-state index in [4.69, 9.17) is 10.5 Å². The van der Waals surface area contributed by atoms with Crippen LogP contribution in [-0.4, -0.2) is 98.6 Å². The van der Waals surface area contributed by atoms with Gasteiger partial charge in [0, 0.05) is 19.6 Å². The third kappa shape index (κ3) is 3.28. The summed E-state index contributed by atoms with van der Waals surface area (Å²) in [7, 11) is 2.28. The maximum absolute atomic E-state index is 12.0. The lowest BCUT2D eigenvalue weighted by Gasteiger charge is -2.43. The Balaban J connectivity index is 1.54. The quantitative estimate of drug-likeness (QED) is 0.598. The second-order valence-corrected chi connectivity index (χ2v) is 6.70. The van der Waals surface area contributed by atoms with E-state index in [0.717, 1.165) is 63.4 Å². The Morgan fingerprint density at radius 1 is 1.38 bits per heavy atom. The van der Waals surface area contributed by atoms with Gasteiger partial charge in [-0.2, -0.15) is 0 Å². The molecule has 7 heteroatoms. The smallest absolute Gasteiger partial charge is 0.167 e. The van der Waals surface area contributed by atoms with Crippen molar-refractivity contribution < 1.29 is 14.0 Å². The first-order valence-corrected chi connectivity index (χ1v) is 8.04. The third-order valence-electron chi connectivity index (χ3n) is 5.09. The van der Waals surface area contributed by atoms with Gasteiger partial charge in [-0.15, -0.1) is 0 Å². The molecule has 3 rings (SSSR count). The average Bonchev–Trinajstić information content (AvgIpc) is 2.91. The van der Waals surface area contributed by atoms with Gasteiger partial charge in [0.05, 0.1) is 45.6 Å². The van der Waals surface area contributed by atoms with Crippen molar-refractivity contribution >= 4 is 5.78 Å². The highest BCUT2D eigenvalue weighted by molar-refractivity contribution is 5.87. The molecule has 7 nitrogen and oxygen atoms in total. The van der Waals surface area contributed by atoms with Crippen LogP contribution in [-0.2, 0) is 9.53 Å². The number of carbonyl (C=O) groups is 1. The molecule has 0 aliphatic carbocycles. The number of nitrogens with one attached hydrogen (secondary N) is 1. The van der Waals surface area contributed by atoms with E-state index < -0.39 is 6.04 Å². The zero-order valence-electron chi connectivity index (χ0n) is 13.0. The Morgan fingerprint density at radius 2 is 2.14 bits per heavy atom. The van der Waals surface area contributed by atoms with Gasteiger partial charge in [-0.1, -0.05) is 0 Å². The van der Waals surface area contributed by atoms with Crippen molar-refractivity contribution in [2.24, 2.45) is 5.73 Å². The largest absolute Gasteiger partial charge is 0.370 e. The number of likely N-dealkylation sites (N-methyl/N-ethyl adjacent to an activating group) is 1. The summed E-state index contributed by atoms with van der Waals surface area (Å²) >= 11 is 0. The van der Waals surface area contributed by atoms with Gasteiger partial charge in [-0.05, 0) is 6.42 Å². The van der Waals surface area contributed by atoms with E-state index in [1.54, 1.807) is 0 Å². The Labute approximate surface area is 126 Å². The van der Waals surface area contributed by atoms with Crippen molar-refractivity contribution in [1.29, 1.82) is 0 Å². The molecule has 0 saturated carbocycles. The van der Waals surface area contributed by atoms with Crippen LogP contribution in [0.15, 0.2) is 0 Å². The van der Waals surface area contributed by atoms with Gasteiger partial charge < -0.3 is 15.0 Å². The molecule has 0 bridgehead atoms. The minimum Gasteiger partial charge on any atom is -0.370 e. The highest BCUT2D eigenvalue weighted by Crippen LogP contribution is 2.19. The normalized spacial score (nSPS) is 34.1. The number of quaternary nitrogens is 1. The Kier molecular flexibility index (Phi) is 4.58. The number of Topliss-reactive ketones (excluding diaryl/α,β-unsaturated/α-hetero) is 1. The van der Waals surface area contributed by atoms with Gasteiger partial charge >= 0.3 is 0 Å². The molecule has 3 aliphatic rings. The summed E-state index contributed by atoms with van der Waals surface area (Å²) in [5, 5.41) is 7.93. The second kappa shape index (κ2) is 6.28. The van der Waals surface area contributed by atoms with Gasteiger partial charge in [0.25, 0.3) is 0 Å². The fourth-order valence-electron chi connectivity index (χ4n) is 3.54. The molecule has 3 saturated heterocycles. The summed E-state index contributed by atoms with van der Waals surface area (Å²) in [6, 6.07) is -0.408. The molecule has 3 heterocycles. The Hall–Kier alpha value is -0.570. The van der Waals surface area contributed by atoms with Crippen LogP contribution >= 0.6 is 0 Å². The molecule has 2 unspecified atom stereocenters. The molecular weight excluding hydrogens is 270 g/mol. The minimum atomic E-state index is -0.408. The highest BCUT2D eigenvalue weighted by atomic mass is 16.5. The number of fused-ring (bicyclic) bond motifs is 1. The second-order valence-electron chi connectivity index (χ2n) is 6.70. The number of nitrogens with two attached hydrogens (primary N) is 1. The predicted molar refractivity (Wildman–Crippen MR) is 79.3 cm³/mol. The number of rotatable bonds is 4. The molecule has 3 N–H and O–H groups in total. The number of hydrazine groups is 1. The molecule has 0 aromatic carbocycles. The topological polar surface area (TPSA) is 70.8 Å². The number of hydrogen-bond donors (Lipinski definition) is 2. The molecule has 0 amide bonds. The van der Waals surface area contributed by atoms with Crippen molar-refractivity contribution in [1.82, 2.24) is 15.3 Å². The van der Waals surface area contributed by atoms with E-state index in [2.05, 4.69) is 22.4 Å². The molecule has 0 spiro atoms. The van der Waals surface area contributed by atoms with Crippen molar-refractivity contribution in [3.8, 4) is 0 Å². The lowest BCUT2D eigenvalue weighted by Crippen LogP contribution is -2.68. The highest BCUT2D eigenvalue weighted by Gasteiger charge is 2.41. The number of hydrogen-bond acceptors (Lipinski definition) is 6. The summed E-state index contributed by atoms with van der Waals surface area (Å²) in [6.07, 6.45) is 1.07. The SMILES string of the molecule is C[N+]1(CCNC2C(N)C(=O)CN3CCCN23)CCOCC1. The summed E-state index contributed by atoms with van der Waals surface area (Å²) < 4.78 is 6.47. The fraction of sp³-hybridized carbons (Fsp3) is 0.929. The maximum atomic E-state index is 12.0. The lowest BCUT2D eigenvalue weighted by molar-refractivity contribution is -0.915. The molecule has 120 valence electrons. The molecule has 0 aromatic rings. The average molecular weight is 298 g/mol. The molecule has 2 atom stereocenters. The van der Waals surface area contributed by atoms with Crippen molar-refractivity contribution in [3.63, 3.8) is 0 Å². The zero-order valence-corrected chi connectivity index (χ0v) is 13.0. The number of ketones is 1. The third-order valence-corrected chi connectivity index (χ3v) is 5.09. The van der Waals surface area contributed by atoms with E-state index in [-0.39, 0.29) is 11.9 Å². The molecular formula is C14H28N5O2+. The van der Waals surface area contributed by atoms with Crippen LogP contribution in [0, 0.1) is 0 Å². The summed E-state index contributed by atoms with van der Waals surface area (Å²) in [4.78, 5) is 12.0. The van der Waals surface area contributed by atoms with Crippen LogP contribution in [0.1, 0.15) is 6.42 Å². The van der Waals surface area contributed by atoms with Crippen LogP contribution in [0.5, 0.6) is 0 Å². The number of morpholine rings is 1. The lowest BCUT2D eigenvalue weighted by atomic mass is 10.1. The van der Waals surface area contributed by atoms with Gasteiger partial charge in [0.2, 0.25) is 0 Å². The van der Waals surface area contributed by atoms with Crippen molar-refractivity contribution in [3.05, 3.63) is 0 Å². The van der Waals surface area contributed by atoms with Crippen LogP contribution in [0.25, 0.3) is 0 Å². The van der Waals surface area contributed by atoms with Crippen molar-refractivity contribution in [2.45, 2.75) is 18.6 Å². The number of ether oxygens (including phenoxy) is 1. The van der Waals surface area contributed by atoms with E-state index >= 15 is 0 Å². The van der Waals surface area contributed by atoms with E-state index in [1.807, 2.05) is 0 Å². The van der Waals surface area contributed by atoms with E-state index in [9.17, 15) is 4.79 Å². The van der Waals surface area contributed by atoms with Crippen LogP contribution < -0.4 is 11.1 Å². The molecule has 0 radical (unpaired) electrons. The first-order chi connectivity index (χ1) is 10.1. The monoisotopic (exact) mass is 298 g/mol. The number of carbonyl (C=O) groups excluding carboxylic acids is 1. The summed E-state index contributed by atoms with van der Waals surface area (Å²) in [5.41, 5.74) is 6.13. The standard InChI is InChI=1S/C14H28N5O2/c1-19(7-9-21-10-8-19)6-3-16-14-13(15)12(20)11-17-4-2-5-18(14)17/h13-14,16H,2-11,15H2,1H3/q+1. The van der Waals surface area contributed by atoms with Gasteiger partial charge in [-0.3, -0.25) is 10.1 Å². The van der Waals surface area contributed by atoms with Gasteiger partial charge in [0.1, 0.15) is 13.1 Å². The number of nitrogens with zero attached hydrogens (tertiary/aromatic N) is 3. The molecule has 0 aromatic heterocycles. The molecule has 3 aliphatic heterocycles. The summed E-state index contributed by atoms with van der Waals surface area (Å²) in [6.45, 7) is 8.20. The van der Waals surface area contributed by atoms with Crippen LogP contribution in [0.3, 0.4) is 0 Å². The van der Waals surface area contributed by atoms with Crippen LogP contribution in [0.4, 0.5) is 0 Å². The minimum absolute atomic E-state index is 0.0404. The first kappa shape index (κ1) is 15.3. The van der Waals surface area contributed by atoms with Gasteiger partial charge in [0.15, 0.2) is 5.78 Å².